The minimum atomic E-state index is -0.0610. The summed E-state index contributed by atoms with van der Waals surface area (Å²) in [6.45, 7) is 1.88. The molecule has 0 aliphatic carbocycles. The van der Waals surface area contributed by atoms with Crippen LogP contribution in [-0.4, -0.2) is 36.1 Å². The van der Waals surface area contributed by atoms with Crippen LogP contribution in [0.25, 0.3) is 11.0 Å². The lowest BCUT2D eigenvalue weighted by atomic mass is 10.1. The first-order valence-corrected chi connectivity index (χ1v) is 9.24. The number of hydrogen-bond donors (Lipinski definition) is 1. The summed E-state index contributed by atoms with van der Waals surface area (Å²) in [6, 6.07) is 12.3. The molecule has 2 aromatic heterocycles. The lowest BCUT2D eigenvalue weighted by molar-refractivity contribution is -0.165. The van der Waals surface area contributed by atoms with Crippen LogP contribution >= 0.6 is 0 Å². The summed E-state index contributed by atoms with van der Waals surface area (Å²) in [5.74, 6) is 0.869. The molecule has 1 fully saturated rings. The van der Waals surface area contributed by atoms with Crippen molar-refractivity contribution in [3.05, 3.63) is 59.9 Å². The zero-order valence-corrected chi connectivity index (χ0v) is 14.8. The first-order valence-electron chi connectivity index (χ1n) is 9.24. The van der Waals surface area contributed by atoms with Crippen molar-refractivity contribution in [3.63, 3.8) is 0 Å². The van der Waals surface area contributed by atoms with Gasteiger partial charge in [0.1, 0.15) is 18.0 Å². The van der Waals surface area contributed by atoms with Gasteiger partial charge in [0.15, 0.2) is 6.29 Å². The molecule has 1 N–H and O–H groups in total. The van der Waals surface area contributed by atoms with Gasteiger partial charge in [-0.2, -0.15) is 0 Å². The molecule has 0 saturated carbocycles. The van der Waals surface area contributed by atoms with E-state index in [1.165, 1.54) is 22.9 Å². The Morgan fingerprint density at radius 3 is 3.08 bits per heavy atom. The molecule has 1 aliphatic heterocycles. The third-order valence-electron chi connectivity index (χ3n) is 4.62. The summed E-state index contributed by atoms with van der Waals surface area (Å²) in [5.41, 5.74) is 3.38. The Bertz CT molecular complexity index is 840. The van der Waals surface area contributed by atoms with Gasteiger partial charge in [0, 0.05) is 24.4 Å². The van der Waals surface area contributed by atoms with Crippen molar-refractivity contribution in [3.8, 4) is 5.75 Å². The van der Waals surface area contributed by atoms with Crippen LogP contribution in [-0.2, 0) is 15.9 Å². The quantitative estimate of drug-likeness (QED) is 0.651. The second-order valence-corrected chi connectivity index (χ2v) is 6.55. The highest BCUT2D eigenvalue weighted by Gasteiger charge is 2.13. The molecule has 0 radical (unpaired) electrons. The van der Waals surface area contributed by atoms with Gasteiger partial charge in [0.25, 0.3) is 0 Å². The normalized spacial score (nSPS) is 17.5. The van der Waals surface area contributed by atoms with Gasteiger partial charge in [-0.15, -0.1) is 0 Å². The number of H-pyrrole nitrogens is 1. The molecule has 3 heterocycles. The van der Waals surface area contributed by atoms with Crippen LogP contribution in [0.1, 0.15) is 30.4 Å². The number of hydrogen-bond acceptors (Lipinski definition) is 4. The summed E-state index contributed by atoms with van der Waals surface area (Å²) < 4.78 is 17.1. The smallest absolute Gasteiger partial charge is 0.157 e. The average Bonchev–Trinajstić information content (AvgIpc) is 3.09. The van der Waals surface area contributed by atoms with E-state index in [1.54, 1.807) is 6.20 Å². The molecule has 0 bridgehead atoms. The van der Waals surface area contributed by atoms with Crippen molar-refractivity contribution in [2.75, 3.05) is 19.8 Å². The maximum absolute atomic E-state index is 5.84. The first kappa shape index (κ1) is 17.1. The van der Waals surface area contributed by atoms with Crippen molar-refractivity contribution in [1.29, 1.82) is 0 Å². The van der Waals surface area contributed by atoms with E-state index >= 15 is 0 Å². The second-order valence-electron chi connectivity index (χ2n) is 6.55. The Balaban J connectivity index is 1.31. The predicted molar refractivity (Wildman–Crippen MR) is 100 cm³/mol. The predicted octanol–water partition coefficient (Wildman–Crippen LogP) is 4.08. The summed E-state index contributed by atoms with van der Waals surface area (Å²) in [4.78, 5) is 7.57. The van der Waals surface area contributed by atoms with Gasteiger partial charge in [0.05, 0.1) is 6.61 Å². The fourth-order valence-corrected chi connectivity index (χ4v) is 3.31. The molecule has 3 aromatic rings. The molecule has 26 heavy (non-hydrogen) atoms. The molecular weight excluding hydrogens is 328 g/mol. The van der Waals surface area contributed by atoms with Gasteiger partial charge in [-0.3, -0.25) is 0 Å². The van der Waals surface area contributed by atoms with E-state index in [1.807, 2.05) is 24.4 Å². The van der Waals surface area contributed by atoms with Gasteiger partial charge >= 0.3 is 0 Å². The van der Waals surface area contributed by atoms with Crippen LogP contribution in [0.15, 0.2) is 48.8 Å². The second kappa shape index (κ2) is 8.34. The zero-order chi connectivity index (χ0) is 17.6. The SMILES string of the molecule is c1cc(Cc2c[nH]c3ncccc23)cc(OCCOC2CCCCO2)c1. The van der Waals surface area contributed by atoms with Crippen LogP contribution in [0.2, 0.25) is 0 Å². The maximum Gasteiger partial charge on any atom is 0.157 e. The topological polar surface area (TPSA) is 56.4 Å². The number of ether oxygens (including phenoxy) is 3. The Kier molecular flexibility index (Phi) is 5.47. The van der Waals surface area contributed by atoms with Crippen molar-refractivity contribution in [1.82, 2.24) is 9.97 Å². The summed E-state index contributed by atoms with van der Waals surface area (Å²) in [6.07, 6.45) is 7.91. The molecular formula is C21H24N2O3. The molecule has 136 valence electrons. The minimum Gasteiger partial charge on any atom is -0.491 e. The lowest BCUT2D eigenvalue weighted by Gasteiger charge is -2.22. The van der Waals surface area contributed by atoms with Crippen molar-refractivity contribution in [2.45, 2.75) is 32.0 Å². The number of fused-ring (bicyclic) bond motifs is 1. The number of nitrogens with one attached hydrogen (secondary N) is 1. The van der Waals surface area contributed by atoms with E-state index in [0.717, 1.165) is 37.3 Å². The van der Waals surface area contributed by atoms with E-state index in [9.17, 15) is 0 Å². The Hall–Kier alpha value is -2.37. The van der Waals surface area contributed by atoms with Gasteiger partial charge in [-0.25, -0.2) is 4.98 Å². The van der Waals surface area contributed by atoms with Crippen LogP contribution in [0, 0.1) is 0 Å². The maximum atomic E-state index is 5.84. The highest BCUT2D eigenvalue weighted by atomic mass is 16.7. The van der Waals surface area contributed by atoms with Crippen LogP contribution in [0.5, 0.6) is 5.75 Å². The Morgan fingerprint density at radius 1 is 1.15 bits per heavy atom. The molecule has 5 nitrogen and oxygen atoms in total. The minimum absolute atomic E-state index is 0.0610. The number of pyridine rings is 1. The van der Waals surface area contributed by atoms with Crippen LogP contribution in [0.4, 0.5) is 0 Å². The van der Waals surface area contributed by atoms with Crippen LogP contribution < -0.4 is 4.74 Å². The van der Waals surface area contributed by atoms with Crippen molar-refractivity contribution < 1.29 is 14.2 Å². The van der Waals surface area contributed by atoms with Gasteiger partial charge in [-0.1, -0.05) is 12.1 Å². The molecule has 1 saturated heterocycles. The molecule has 1 atom stereocenters. The molecule has 0 spiro atoms. The standard InChI is InChI=1S/C21H24N2O3/c1-2-10-25-20(8-1)26-12-11-24-18-6-3-5-16(14-18)13-17-15-23-21-19(17)7-4-9-22-21/h3-7,9,14-15,20H,1-2,8,10-13H2,(H,22,23). The van der Waals surface area contributed by atoms with E-state index in [-0.39, 0.29) is 6.29 Å². The fraction of sp³-hybridized carbons (Fsp3) is 0.381. The fourth-order valence-electron chi connectivity index (χ4n) is 3.31. The van der Waals surface area contributed by atoms with Crippen LogP contribution in [0.3, 0.4) is 0 Å². The lowest BCUT2D eigenvalue weighted by Crippen LogP contribution is -2.24. The number of aromatic nitrogens is 2. The molecule has 5 heteroatoms. The summed E-state index contributed by atoms with van der Waals surface area (Å²) in [7, 11) is 0. The van der Waals surface area contributed by atoms with Gasteiger partial charge in [0.2, 0.25) is 0 Å². The van der Waals surface area contributed by atoms with Gasteiger partial charge < -0.3 is 19.2 Å². The molecule has 1 aliphatic rings. The van der Waals surface area contributed by atoms with E-state index < -0.39 is 0 Å². The molecule has 1 aromatic carbocycles. The number of rotatable bonds is 7. The van der Waals surface area contributed by atoms with Gasteiger partial charge in [-0.05, 0) is 61.1 Å². The first-order chi connectivity index (χ1) is 12.9. The molecule has 1 unspecified atom stereocenters. The highest BCUT2D eigenvalue weighted by Crippen LogP contribution is 2.22. The number of aromatic amines is 1. The third-order valence-corrected chi connectivity index (χ3v) is 4.62. The molecule has 0 amide bonds. The summed E-state index contributed by atoms with van der Waals surface area (Å²) >= 11 is 0. The highest BCUT2D eigenvalue weighted by molar-refractivity contribution is 5.79. The Morgan fingerprint density at radius 2 is 2.15 bits per heavy atom. The Labute approximate surface area is 153 Å². The zero-order valence-electron chi connectivity index (χ0n) is 14.8. The van der Waals surface area contributed by atoms with Crippen molar-refractivity contribution in [2.24, 2.45) is 0 Å². The third kappa shape index (κ3) is 4.23. The summed E-state index contributed by atoms with van der Waals surface area (Å²) in [5, 5.41) is 1.17. The van der Waals surface area contributed by atoms with E-state index in [2.05, 4.69) is 28.2 Å². The average molecular weight is 352 g/mol. The number of nitrogens with zero attached hydrogens (tertiary/aromatic N) is 1. The van der Waals surface area contributed by atoms with E-state index in [4.69, 9.17) is 14.2 Å². The monoisotopic (exact) mass is 352 g/mol. The number of benzene rings is 1. The van der Waals surface area contributed by atoms with Crippen molar-refractivity contribution >= 4 is 11.0 Å². The largest absolute Gasteiger partial charge is 0.491 e. The van der Waals surface area contributed by atoms with E-state index in [0.29, 0.717) is 13.2 Å². The molecule has 4 rings (SSSR count).